The molecule has 0 spiro atoms. The Morgan fingerprint density at radius 3 is 1.44 bits per heavy atom. The molecular formula is C44H32Cl2F8N4O13. The van der Waals surface area contributed by atoms with Crippen molar-refractivity contribution in [1.29, 1.82) is 0 Å². The number of benzene rings is 4. The van der Waals surface area contributed by atoms with Crippen molar-refractivity contribution in [1.82, 2.24) is 9.97 Å². The normalized spacial score (nSPS) is 10.7. The summed E-state index contributed by atoms with van der Waals surface area (Å²) in [6.07, 6.45) is -7.15. The van der Waals surface area contributed by atoms with Crippen molar-refractivity contribution in [3.05, 3.63) is 142 Å². The van der Waals surface area contributed by atoms with Crippen molar-refractivity contribution in [3.63, 3.8) is 0 Å². The highest BCUT2D eigenvalue weighted by atomic mass is 35.5. The Bertz CT molecular complexity index is 2910. The molecule has 6 rings (SSSR count). The Hall–Kier alpha value is -8.32. The maximum absolute atomic E-state index is 14.8. The largest absolute Gasteiger partial charge is 0.573 e. The molecule has 0 fully saturated rings. The average Bonchev–Trinajstić information content (AvgIpc) is 3.28. The first-order valence-corrected chi connectivity index (χ1v) is 19.7. The fourth-order valence-corrected chi connectivity index (χ4v) is 5.76. The number of alkyl halides is 6. The Morgan fingerprint density at radius 2 is 1.01 bits per heavy atom. The lowest BCUT2D eigenvalue weighted by Gasteiger charge is -2.16. The number of carbonyl (C=O) groups is 4. The molecule has 0 aliphatic carbocycles. The SMILES string of the molecule is COC(=O)c1cc(N)ccn1.COC(=O)c1cc(NC(=O)c2c(F)cc(Cl)cc2Oc2ccc(OC(F)(F)F)cc2OC)ccn1.COc1cc(OC(F)(F)F)ccc1Oc1cc(Cl)cc(F)c1C(=O)O. The number of carboxylic acid groups (broad SMARTS) is 1. The van der Waals surface area contributed by atoms with Crippen LogP contribution in [0.25, 0.3) is 0 Å². The number of carbonyl (C=O) groups excluding carboxylic acids is 3. The quantitative estimate of drug-likeness (QED) is 0.0722. The second kappa shape index (κ2) is 24.3. The number of hydrogen-bond donors (Lipinski definition) is 3. The Balaban J connectivity index is 0.000000263. The number of ether oxygens (including phenoxy) is 8. The van der Waals surface area contributed by atoms with E-state index < -0.39 is 76.5 Å². The molecule has 6 aromatic rings. The molecule has 0 bridgehead atoms. The van der Waals surface area contributed by atoms with Crippen molar-refractivity contribution >= 4 is 58.4 Å². The Labute approximate surface area is 404 Å². The fourth-order valence-electron chi connectivity index (χ4n) is 5.37. The smallest absolute Gasteiger partial charge is 0.493 e. The summed E-state index contributed by atoms with van der Waals surface area (Å²) in [6, 6.07) is 15.2. The van der Waals surface area contributed by atoms with Gasteiger partial charge in [0.15, 0.2) is 23.0 Å². The fraction of sp³-hybridized carbons (Fsp3) is 0.136. The van der Waals surface area contributed by atoms with Crippen molar-refractivity contribution < 1.29 is 97.3 Å². The summed E-state index contributed by atoms with van der Waals surface area (Å²) < 4.78 is 140. The van der Waals surface area contributed by atoms with Crippen LogP contribution in [0.2, 0.25) is 10.0 Å². The number of hydrogen-bond acceptors (Lipinski definition) is 15. The van der Waals surface area contributed by atoms with E-state index in [0.717, 1.165) is 82.0 Å². The monoisotopic (exact) mass is 1050 g/mol. The number of pyridine rings is 2. The highest BCUT2D eigenvalue weighted by Crippen LogP contribution is 2.40. The van der Waals surface area contributed by atoms with E-state index in [4.69, 9.17) is 53.0 Å². The van der Waals surface area contributed by atoms with Gasteiger partial charge in [0.25, 0.3) is 5.91 Å². The second-order valence-electron chi connectivity index (χ2n) is 13.1. The van der Waals surface area contributed by atoms with Gasteiger partial charge in [-0.05, 0) is 60.7 Å². The van der Waals surface area contributed by atoms with Crippen LogP contribution in [0.1, 0.15) is 41.7 Å². The minimum absolute atomic E-state index is 0.0944. The summed E-state index contributed by atoms with van der Waals surface area (Å²) in [7, 11) is 4.76. The van der Waals surface area contributed by atoms with E-state index in [-0.39, 0.29) is 55.9 Å². The third-order valence-corrected chi connectivity index (χ3v) is 8.68. The Morgan fingerprint density at radius 1 is 0.577 bits per heavy atom. The maximum atomic E-state index is 14.8. The van der Waals surface area contributed by atoms with E-state index in [1.165, 1.54) is 37.7 Å². The average molecular weight is 1050 g/mol. The molecule has 2 heterocycles. The molecule has 0 radical (unpaired) electrons. The van der Waals surface area contributed by atoms with Crippen LogP contribution in [-0.2, 0) is 9.47 Å². The van der Waals surface area contributed by atoms with Crippen molar-refractivity contribution in [2.45, 2.75) is 12.7 Å². The zero-order valence-corrected chi connectivity index (χ0v) is 37.8. The van der Waals surface area contributed by atoms with Gasteiger partial charge in [0.2, 0.25) is 0 Å². The summed E-state index contributed by atoms with van der Waals surface area (Å²) in [4.78, 5) is 54.1. The molecule has 0 saturated heterocycles. The van der Waals surface area contributed by atoms with Crippen molar-refractivity contribution in [2.24, 2.45) is 0 Å². The molecule has 4 N–H and O–H groups in total. The summed E-state index contributed by atoms with van der Waals surface area (Å²) in [6.45, 7) is 0. The minimum Gasteiger partial charge on any atom is -0.493 e. The molecule has 0 aliphatic heterocycles. The zero-order chi connectivity index (χ0) is 52.8. The first-order valence-electron chi connectivity index (χ1n) is 18.9. The highest BCUT2D eigenvalue weighted by Gasteiger charge is 2.33. The number of nitrogens with zero attached hydrogens (tertiary/aromatic N) is 2. The lowest BCUT2D eigenvalue weighted by molar-refractivity contribution is -0.275. The predicted molar refractivity (Wildman–Crippen MR) is 233 cm³/mol. The van der Waals surface area contributed by atoms with E-state index in [9.17, 15) is 54.3 Å². The summed E-state index contributed by atoms with van der Waals surface area (Å²) in [5.41, 5.74) is 4.75. The predicted octanol–water partition coefficient (Wildman–Crippen LogP) is 10.9. The van der Waals surface area contributed by atoms with E-state index in [0.29, 0.717) is 5.69 Å². The summed E-state index contributed by atoms with van der Waals surface area (Å²) in [5, 5.41) is 11.2. The van der Waals surface area contributed by atoms with Gasteiger partial charge in [-0.1, -0.05) is 23.2 Å². The molecule has 4 aromatic carbocycles. The van der Waals surface area contributed by atoms with Gasteiger partial charge in [-0.25, -0.2) is 33.1 Å². The number of nitrogens with two attached hydrogens (primary N) is 1. The number of carboxylic acids is 1. The molecule has 71 heavy (non-hydrogen) atoms. The van der Waals surface area contributed by atoms with Gasteiger partial charge >= 0.3 is 30.6 Å². The van der Waals surface area contributed by atoms with Gasteiger partial charge < -0.3 is 54.1 Å². The molecule has 17 nitrogen and oxygen atoms in total. The van der Waals surface area contributed by atoms with E-state index in [1.54, 1.807) is 6.07 Å². The number of halogens is 10. The molecule has 0 unspecified atom stereocenters. The number of nitrogens with one attached hydrogen (secondary N) is 1. The maximum Gasteiger partial charge on any atom is 0.573 e. The topological polar surface area (TPSA) is 226 Å². The first kappa shape index (κ1) is 55.3. The third-order valence-electron chi connectivity index (χ3n) is 8.25. The number of anilines is 2. The van der Waals surface area contributed by atoms with Crippen LogP contribution >= 0.6 is 23.2 Å². The van der Waals surface area contributed by atoms with E-state index >= 15 is 0 Å². The Kier molecular flexibility index (Phi) is 18.9. The molecule has 1 amide bonds. The molecule has 376 valence electrons. The van der Waals surface area contributed by atoms with Crippen LogP contribution in [0.3, 0.4) is 0 Å². The number of amides is 1. The van der Waals surface area contributed by atoms with Crippen LogP contribution < -0.4 is 39.5 Å². The van der Waals surface area contributed by atoms with Crippen molar-refractivity contribution in [3.8, 4) is 46.0 Å². The van der Waals surface area contributed by atoms with E-state index in [2.05, 4.69) is 34.2 Å². The van der Waals surface area contributed by atoms with Crippen LogP contribution in [0, 0.1) is 11.6 Å². The van der Waals surface area contributed by atoms with Crippen LogP contribution in [-0.4, -0.2) is 80.1 Å². The van der Waals surface area contributed by atoms with Gasteiger partial charge in [-0.3, -0.25) is 4.79 Å². The number of aromatic nitrogens is 2. The minimum atomic E-state index is -4.94. The lowest BCUT2D eigenvalue weighted by Crippen LogP contribution is -2.17. The number of nitrogen functional groups attached to an aromatic ring is 1. The summed E-state index contributed by atoms with van der Waals surface area (Å²) in [5.74, 6) is -8.70. The van der Waals surface area contributed by atoms with Gasteiger partial charge in [0, 0.05) is 58.1 Å². The molecule has 2 aromatic heterocycles. The van der Waals surface area contributed by atoms with Gasteiger partial charge in [-0.15, -0.1) is 26.3 Å². The molecule has 27 heteroatoms. The van der Waals surface area contributed by atoms with Gasteiger partial charge in [0.1, 0.15) is 57.1 Å². The standard InChI is InChI=1S/C22H15ClF4N2O6.C15H9ClF4O5.C7H8N2O2/c1-32-17-10-13(35-22(25,26)27)3-4-16(17)34-18-8-11(23)7-14(24)19(18)20(30)29-12-5-6-28-15(9-12)21(31)33-2;1-23-11-6-8(25-15(18,19)20)2-3-10(11)24-12-5-7(16)4-9(17)13(12)14(21)22;1-11-7(10)6-4-5(8)2-3-9-6/h3-10H,1-2H3,(H,28,29,30);2-6H,1H3,(H,21,22);2-4H,1H3,(H2,8,9). The van der Waals surface area contributed by atoms with Crippen LogP contribution in [0.5, 0.6) is 46.0 Å². The third kappa shape index (κ3) is 16.4. The second-order valence-corrected chi connectivity index (χ2v) is 14.0. The van der Waals surface area contributed by atoms with Gasteiger partial charge in [0.05, 0.1) is 28.4 Å². The number of esters is 2. The number of aromatic carboxylic acids is 1. The molecule has 0 aliphatic rings. The van der Waals surface area contributed by atoms with Crippen LogP contribution in [0.15, 0.2) is 97.3 Å². The van der Waals surface area contributed by atoms with Crippen molar-refractivity contribution in [2.75, 3.05) is 39.5 Å². The number of methoxy groups -OCH3 is 4. The van der Waals surface area contributed by atoms with E-state index in [1.807, 2.05) is 0 Å². The molecule has 0 saturated carbocycles. The molecular weight excluding hydrogens is 1020 g/mol. The summed E-state index contributed by atoms with van der Waals surface area (Å²) >= 11 is 11.6. The first-order chi connectivity index (χ1) is 33.3. The van der Waals surface area contributed by atoms with Gasteiger partial charge in [-0.2, -0.15) is 0 Å². The highest BCUT2D eigenvalue weighted by molar-refractivity contribution is 6.31. The zero-order valence-electron chi connectivity index (χ0n) is 36.3. The lowest BCUT2D eigenvalue weighted by atomic mass is 10.1. The number of rotatable bonds is 13. The molecule has 0 atom stereocenters. The van der Waals surface area contributed by atoms with Crippen LogP contribution in [0.4, 0.5) is 46.5 Å².